The van der Waals surface area contributed by atoms with Crippen LogP contribution in [0.15, 0.2) is 24.5 Å². The summed E-state index contributed by atoms with van der Waals surface area (Å²) in [6, 6.07) is 3.82. The van der Waals surface area contributed by atoms with Crippen LogP contribution in [0.5, 0.6) is 0 Å². The second-order valence-electron chi connectivity index (χ2n) is 4.70. The molecule has 0 bridgehead atoms. The van der Waals surface area contributed by atoms with Crippen LogP contribution in [0.4, 0.5) is 11.8 Å². The third-order valence-electron chi connectivity index (χ3n) is 3.12. The third-order valence-corrected chi connectivity index (χ3v) is 3.12. The van der Waals surface area contributed by atoms with E-state index >= 15 is 0 Å². The van der Waals surface area contributed by atoms with Gasteiger partial charge in [0.1, 0.15) is 0 Å². The van der Waals surface area contributed by atoms with E-state index in [1.165, 1.54) is 0 Å². The predicted octanol–water partition coefficient (Wildman–Crippen LogP) is 2.44. The van der Waals surface area contributed by atoms with Gasteiger partial charge in [0.05, 0.1) is 0 Å². The number of hydrogen-bond acceptors (Lipinski definition) is 5. The summed E-state index contributed by atoms with van der Waals surface area (Å²) in [5.74, 6) is 1.77. The van der Waals surface area contributed by atoms with Crippen molar-refractivity contribution in [1.82, 2.24) is 25.5 Å². The Labute approximate surface area is 119 Å². The first kappa shape index (κ1) is 14.5. The van der Waals surface area contributed by atoms with Crippen LogP contribution >= 0.6 is 0 Å². The van der Waals surface area contributed by atoms with Crippen LogP contribution in [0, 0.1) is 0 Å². The lowest BCUT2D eigenvalue weighted by atomic mass is 10.00. The molecule has 0 fully saturated rings. The fraction of sp³-hybridized carbons (Fsp3) is 0.500. The summed E-state index contributed by atoms with van der Waals surface area (Å²) in [6.45, 7) is 6.27. The van der Waals surface area contributed by atoms with Gasteiger partial charge >= 0.3 is 0 Å². The molecule has 2 aromatic heterocycles. The quantitative estimate of drug-likeness (QED) is 0.689. The molecule has 0 aromatic carbocycles. The third kappa shape index (κ3) is 4.03. The SMILES string of the molecule is CCCC(CNCC)c1cc(Nc2ncccn2)n[nH]1. The molecule has 108 valence electrons. The first-order valence-corrected chi connectivity index (χ1v) is 7.13. The minimum Gasteiger partial charge on any atom is -0.316 e. The van der Waals surface area contributed by atoms with Crippen molar-refractivity contribution in [1.29, 1.82) is 0 Å². The number of aromatic nitrogens is 4. The summed E-state index contributed by atoms with van der Waals surface area (Å²) >= 11 is 0. The lowest BCUT2D eigenvalue weighted by molar-refractivity contribution is 0.543. The number of aromatic amines is 1. The van der Waals surface area contributed by atoms with Crippen LogP contribution in [-0.4, -0.2) is 33.3 Å². The minimum atomic E-state index is 0.458. The molecule has 2 heterocycles. The highest BCUT2D eigenvalue weighted by Gasteiger charge is 2.13. The summed E-state index contributed by atoms with van der Waals surface area (Å²) in [7, 11) is 0. The molecule has 2 aromatic rings. The van der Waals surface area contributed by atoms with E-state index in [0.717, 1.165) is 37.4 Å². The minimum absolute atomic E-state index is 0.458. The van der Waals surface area contributed by atoms with Crippen LogP contribution in [0.3, 0.4) is 0 Å². The van der Waals surface area contributed by atoms with E-state index in [-0.39, 0.29) is 0 Å². The van der Waals surface area contributed by atoms with Crippen molar-refractivity contribution in [2.24, 2.45) is 0 Å². The Morgan fingerprint density at radius 3 is 2.75 bits per heavy atom. The topological polar surface area (TPSA) is 78.5 Å². The molecule has 2 rings (SSSR count). The second kappa shape index (κ2) is 7.59. The summed E-state index contributed by atoms with van der Waals surface area (Å²) < 4.78 is 0. The first-order chi connectivity index (χ1) is 9.83. The van der Waals surface area contributed by atoms with Crippen molar-refractivity contribution in [3.63, 3.8) is 0 Å². The highest BCUT2D eigenvalue weighted by Crippen LogP contribution is 2.21. The van der Waals surface area contributed by atoms with Crippen LogP contribution in [0.2, 0.25) is 0 Å². The number of nitrogens with one attached hydrogen (secondary N) is 3. The van der Waals surface area contributed by atoms with E-state index in [0.29, 0.717) is 11.9 Å². The lowest BCUT2D eigenvalue weighted by Crippen LogP contribution is -2.21. The van der Waals surface area contributed by atoms with Gasteiger partial charge in [0, 0.05) is 36.6 Å². The maximum atomic E-state index is 4.28. The number of rotatable bonds is 8. The van der Waals surface area contributed by atoms with E-state index in [4.69, 9.17) is 0 Å². The highest BCUT2D eigenvalue weighted by molar-refractivity contribution is 5.47. The maximum absolute atomic E-state index is 4.28. The Kier molecular flexibility index (Phi) is 5.49. The summed E-state index contributed by atoms with van der Waals surface area (Å²) in [6.07, 6.45) is 5.69. The Bertz CT molecular complexity index is 495. The predicted molar refractivity (Wildman–Crippen MR) is 80.1 cm³/mol. The Morgan fingerprint density at radius 1 is 1.25 bits per heavy atom. The molecule has 0 radical (unpaired) electrons. The van der Waals surface area contributed by atoms with Gasteiger partial charge in [0.2, 0.25) is 5.95 Å². The second-order valence-corrected chi connectivity index (χ2v) is 4.70. The fourth-order valence-corrected chi connectivity index (χ4v) is 2.12. The number of likely N-dealkylation sites (N-methyl/N-ethyl adjacent to an activating group) is 1. The van der Waals surface area contributed by atoms with E-state index in [1.807, 2.05) is 6.07 Å². The molecule has 0 amide bonds. The standard InChI is InChI=1S/C14H22N6/c1-3-6-11(10-15-4-2)12-9-13(20-19-12)18-14-16-7-5-8-17-14/h5,7-9,11,15H,3-4,6,10H2,1-2H3,(H2,16,17,18,19,20). The fourth-order valence-electron chi connectivity index (χ4n) is 2.12. The zero-order valence-corrected chi connectivity index (χ0v) is 12.1. The van der Waals surface area contributed by atoms with Crippen LogP contribution in [-0.2, 0) is 0 Å². The number of nitrogens with zero attached hydrogens (tertiary/aromatic N) is 3. The largest absolute Gasteiger partial charge is 0.316 e. The molecule has 0 saturated heterocycles. The van der Waals surface area contributed by atoms with E-state index in [2.05, 4.69) is 44.6 Å². The monoisotopic (exact) mass is 274 g/mol. The van der Waals surface area contributed by atoms with Gasteiger partial charge in [-0.2, -0.15) is 5.10 Å². The zero-order chi connectivity index (χ0) is 14.2. The number of H-pyrrole nitrogens is 1. The van der Waals surface area contributed by atoms with Gasteiger partial charge in [-0.3, -0.25) is 5.10 Å². The molecule has 6 heteroatoms. The molecular formula is C14H22N6. The van der Waals surface area contributed by atoms with E-state index in [1.54, 1.807) is 18.5 Å². The van der Waals surface area contributed by atoms with Crippen LogP contribution < -0.4 is 10.6 Å². The zero-order valence-electron chi connectivity index (χ0n) is 12.1. The molecule has 0 aliphatic heterocycles. The molecule has 0 aliphatic rings. The molecule has 0 spiro atoms. The van der Waals surface area contributed by atoms with Gasteiger partial charge in [0.25, 0.3) is 0 Å². The van der Waals surface area contributed by atoms with E-state index in [9.17, 15) is 0 Å². The molecule has 6 nitrogen and oxygen atoms in total. The summed E-state index contributed by atoms with van der Waals surface area (Å²) in [5.41, 5.74) is 1.14. The Morgan fingerprint density at radius 2 is 2.05 bits per heavy atom. The molecule has 0 saturated carbocycles. The summed E-state index contributed by atoms with van der Waals surface area (Å²) in [4.78, 5) is 8.25. The van der Waals surface area contributed by atoms with E-state index < -0.39 is 0 Å². The normalized spacial score (nSPS) is 12.3. The van der Waals surface area contributed by atoms with Crippen molar-refractivity contribution in [3.8, 4) is 0 Å². The first-order valence-electron chi connectivity index (χ1n) is 7.13. The lowest BCUT2D eigenvalue weighted by Gasteiger charge is -2.14. The van der Waals surface area contributed by atoms with Crippen molar-refractivity contribution in [2.75, 3.05) is 18.4 Å². The highest BCUT2D eigenvalue weighted by atomic mass is 15.2. The number of anilines is 2. The van der Waals surface area contributed by atoms with Gasteiger partial charge in [-0.25, -0.2) is 9.97 Å². The molecule has 20 heavy (non-hydrogen) atoms. The van der Waals surface area contributed by atoms with Gasteiger partial charge in [-0.05, 0) is 19.0 Å². The molecule has 0 aliphatic carbocycles. The van der Waals surface area contributed by atoms with Crippen molar-refractivity contribution in [2.45, 2.75) is 32.6 Å². The molecular weight excluding hydrogens is 252 g/mol. The maximum Gasteiger partial charge on any atom is 0.228 e. The summed E-state index contributed by atoms with van der Waals surface area (Å²) in [5, 5.41) is 13.9. The number of hydrogen-bond donors (Lipinski definition) is 3. The smallest absolute Gasteiger partial charge is 0.228 e. The average Bonchev–Trinajstić information content (AvgIpc) is 2.93. The Balaban J connectivity index is 2.02. The van der Waals surface area contributed by atoms with Crippen molar-refractivity contribution < 1.29 is 0 Å². The van der Waals surface area contributed by atoms with Crippen LogP contribution in [0.25, 0.3) is 0 Å². The molecule has 3 N–H and O–H groups in total. The van der Waals surface area contributed by atoms with Crippen LogP contribution in [0.1, 0.15) is 38.3 Å². The van der Waals surface area contributed by atoms with Gasteiger partial charge in [-0.15, -0.1) is 0 Å². The van der Waals surface area contributed by atoms with Gasteiger partial charge < -0.3 is 10.6 Å². The van der Waals surface area contributed by atoms with Crippen molar-refractivity contribution in [3.05, 3.63) is 30.2 Å². The van der Waals surface area contributed by atoms with Crippen molar-refractivity contribution >= 4 is 11.8 Å². The Hall–Kier alpha value is -1.95. The van der Waals surface area contributed by atoms with Gasteiger partial charge in [0.15, 0.2) is 5.82 Å². The van der Waals surface area contributed by atoms with Gasteiger partial charge in [-0.1, -0.05) is 20.3 Å². The average molecular weight is 274 g/mol. The molecule has 1 unspecified atom stereocenters. The molecule has 1 atom stereocenters.